The minimum Gasteiger partial charge on any atom is -0.395 e. The van der Waals surface area contributed by atoms with Gasteiger partial charge in [0.1, 0.15) is 0 Å². The van der Waals surface area contributed by atoms with Crippen molar-refractivity contribution in [3.05, 3.63) is 0 Å². The van der Waals surface area contributed by atoms with Crippen molar-refractivity contribution in [2.75, 3.05) is 39.8 Å². The number of hydrogen-bond acceptors (Lipinski definition) is 4. The molecule has 1 saturated heterocycles. The molecule has 1 fully saturated rings. The number of piperidine rings is 1. The Balaban J connectivity index is 2.49. The SMILES string of the molecule is CC(C)NCC(=O)N(CCO)C1CCN(C)CC1. The Morgan fingerprint density at radius 1 is 1.44 bits per heavy atom. The first-order valence-corrected chi connectivity index (χ1v) is 6.87. The van der Waals surface area contributed by atoms with Gasteiger partial charge in [0.25, 0.3) is 0 Å². The third-order valence-electron chi connectivity index (χ3n) is 3.45. The van der Waals surface area contributed by atoms with Gasteiger partial charge < -0.3 is 20.2 Å². The number of rotatable bonds is 6. The number of amides is 1. The first-order chi connectivity index (χ1) is 8.54. The minimum absolute atomic E-state index is 0.0414. The summed E-state index contributed by atoms with van der Waals surface area (Å²) < 4.78 is 0. The molecule has 5 heteroatoms. The zero-order valence-electron chi connectivity index (χ0n) is 11.9. The molecular weight excluding hydrogens is 230 g/mol. The summed E-state index contributed by atoms with van der Waals surface area (Å²) in [6, 6.07) is 0.595. The van der Waals surface area contributed by atoms with Crippen molar-refractivity contribution in [1.82, 2.24) is 15.1 Å². The molecule has 1 aliphatic heterocycles. The van der Waals surface area contributed by atoms with E-state index in [4.69, 9.17) is 5.11 Å². The molecule has 0 bridgehead atoms. The van der Waals surface area contributed by atoms with Crippen molar-refractivity contribution >= 4 is 5.91 Å². The lowest BCUT2D eigenvalue weighted by molar-refractivity contribution is -0.134. The second kappa shape index (κ2) is 7.71. The van der Waals surface area contributed by atoms with Gasteiger partial charge in [-0.05, 0) is 33.0 Å². The number of carbonyl (C=O) groups excluding carboxylic acids is 1. The van der Waals surface area contributed by atoms with Crippen LogP contribution in [0.15, 0.2) is 0 Å². The maximum Gasteiger partial charge on any atom is 0.236 e. The summed E-state index contributed by atoms with van der Waals surface area (Å²) in [7, 11) is 2.11. The van der Waals surface area contributed by atoms with Crippen LogP contribution in [0.4, 0.5) is 0 Å². The van der Waals surface area contributed by atoms with Gasteiger partial charge in [-0.15, -0.1) is 0 Å². The molecule has 5 nitrogen and oxygen atoms in total. The van der Waals surface area contributed by atoms with E-state index in [2.05, 4.69) is 17.3 Å². The van der Waals surface area contributed by atoms with Gasteiger partial charge in [-0.1, -0.05) is 13.8 Å². The summed E-state index contributed by atoms with van der Waals surface area (Å²) in [5.74, 6) is 0.104. The first-order valence-electron chi connectivity index (χ1n) is 6.87. The lowest BCUT2D eigenvalue weighted by atomic mass is 10.0. The molecule has 1 amide bonds. The molecule has 18 heavy (non-hydrogen) atoms. The summed E-state index contributed by atoms with van der Waals surface area (Å²) in [4.78, 5) is 16.3. The van der Waals surface area contributed by atoms with Gasteiger partial charge in [0.05, 0.1) is 13.2 Å². The second-order valence-corrected chi connectivity index (χ2v) is 5.38. The number of carbonyl (C=O) groups is 1. The highest BCUT2D eigenvalue weighted by atomic mass is 16.3. The van der Waals surface area contributed by atoms with Crippen LogP contribution in [0.5, 0.6) is 0 Å². The Kier molecular flexibility index (Phi) is 6.60. The molecule has 0 aliphatic carbocycles. The van der Waals surface area contributed by atoms with Crippen LogP contribution in [0.1, 0.15) is 26.7 Å². The van der Waals surface area contributed by atoms with Crippen LogP contribution < -0.4 is 5.32 Å². The standard InChI is InChI=1S/C13H27N3O2/c1-11(2)14-10-13(18)16(8-9-17)12-4-6-15(3)7-5-12/h11-12,14,17H,4-10H2,1-3H3. The minimum atomic E-state index is 0.0414. The van der Waals surface area contributed by atoms with Crippen molar-refractivity contribution in [3.63, 3.8) is 0 Å². The molecule has 0 saturated carbocycles. The Morgan fingerprint density at radius 3 is 2.56 bits per heavy atom. The van der Waals surface area contributed by atoms with E-state index in [0.29, 0.717) is 19.1 Å². The predicted molar refractivity (Wildman–Crippen MR) is 72.5 cm³/mol. The number of likely N-dealkylation sites (tertiary alicyclic amines) is 1. The fourth-order valence-corrected chi connectivity index (χ4v) is 2.32. The predicted octanol–water partition coefficient (Wildman–Crippen LogP) is -0.100. The molecule has 0 radical (unpaired) electrons. The third kappa shape index (κ3) is 4.92. The largest absolute Gasteiger partial charge is 0.395 e. The highest BCUT2D eigenvalue weighted by molar-refractivity contribution is 5.78. The molecule has 106 valence electrons. The Hall–Kier alpha value is -0.650. The van der Waals surface area contributed by atoms with Gasteiger partial charge >= 0.3 is 0 Å². The second-order valence-electron chi connectivity index (χ2n) is 5.38. The molecule has 0 aromatic heterocycles. The number of nitrogens with one attached hydrogen (secondary N) is 1. The van der Waals surface area contributed by atoms with E-state index >= 15 is 0 Å². The number of hydrogen-bond donors (Lipinski definition) is 2. The maximum absolute atomic E-state index is 12.2. The van der Waals surface area contributed by atoms with Crippen LogP contribution in [0, 0.1) is 0 Å². The topological polar surface area (TPSA) is 55.8 Å². The molecule has 0 atom stereocenters. The van der Waals surface area contributed by atoms with E-state index in [1.165, 1.54) is 0 Å². The fraction of sp³-hybridized carbons (Fsp3) is 0.923. The molecular formula is C13H27N3O2. The van der Waals surface area contributed by atoms with Crippen LogP contribution in [-0.2, 0) is 4.79 Å². The zero-order valence-corrected chi connectivity index (χ0v) is 11.9. The first kappa shape index (κ1) is 15.4. The third-order valence-corrected chi connectivity index (χ3v) is 3.45. The van der Waals surface area contributed by atoms with Crippen molar-refractivity contribution < 1.29 is 9.90 Å². The normalized spacial score (nSPS) is 18.3. The lowest BCUT2D eigenvalue weighted by Gasteiger charge is -2.37. The molecule has 0 spiro atoms. The molecule has 2 N–H and O–H groups in total. The van der Waals surface area contributed by atoms with E-state index in [-0.39, 0.29) is 18.6 Å². The Labute approximate surface area is 110 Å². The summed E-state index contributed by atoms with van der Waals surface area (Å²) >= 11 is 0. The lowest BCUT2D eigenvalue weighted by Crippen LogP contribution is -2.50. The van der Waals surface area contributed by atoms with Crippen molar-refractivity contribution in [1.29, 1.82) is 0 Å². The monoisotopic (exact) mass is 257 g/mol. The Bertz CT molecular complexity index is 251. The highest BCUT2D eigenvalue weighted by Gasteiger charge is 2.26. The van der Waals surface area contributed by atoms with E-state index < -0.39 is 0 Å². The maximum atomic E-state index is 12.2. The molecule has 1 aliphatic rings. The summed E-state index contributed by atoms with van der Waals surface area (Å²) in [6.07, 6.45) is 2.01. The van der Waals surface area contributed by atoms with E-state index in [9.17, 15) is 4.79 Å². The summed E-state index contributed by atoms with van der Waals surface area (Å²) in [5.41, 5.74) is 0. The molecule has 0 aromatic rings. The number of nitrogens with zero attached hydrogens (tertiary/aromatic N) is 2. The van der Waals surface area contributed by atoms with E-state index in [0.717, 1.165) is 25.9 Å². The number of aliphatic hydroxyl groups excluding tert-OH is 1. The van der Waals surface area contributed by atoms with Gasteiger partial charge in [0.2, 0.25) is 5.91 Å². The zero-order chi connectivity index (χ0) is 13.5. The van der Waals surface area contributed by atoms with Gasteiger partial charge in [-0.2, -0.15) is 0 Å². The average molecular weight is 257 g/mol. The average Bonchev–Trinajstić information content (AvgIpc) is 2.34. The molecule has 0 aromatic carbocycles. The fourth-order valence-electron chi connectivity index (χ4n) is 2.32. The van der Waals surface area contributed by atoms with Crippen LogP contribution >= 0.6 is 0 Å². The van der Waals surface area contributed by atoms with Crippen molar-refractivity contribution in [2.24, 2.45) is 0 Å². The molecule has 1 heterocycles. The highest BCUT2D eigenvalue weighted by Crippen LogP contribution is 2.15. The van der Waals surface area contributed by atoms with Crippen molar-refractivity contribution in [2.45, 2.75) is 38.8 Å². The van der Waals surface area contributed by atoms with Gasteiger partial charge in [-0.3, -0.25) is 4.79 Å². The van der Waals surface area contributed by atoms with Crippen LogP contribution in [0.3, 0.4) is 0 Å². The smallest absolute Gasteiger partial charge is 0.236 e. The quantitative estimate of drug-likeness (QED) is 0.698. The molecule has 0 unspecified atom stereocenters. The van der Waals surface area contributed by atoms with Gasteiger partial charge in [0, 0.05) is 18.6 Å². The van der Waals surface area contributed by atoms with E-state index in [1.54, 1.807) is 0 Å². The van der Waals surface area contributed by atoms with Crippen LogP contribution in [0.25, 0.3) is 0 Å². The summed E-state index contributed by atoms with van der Waals surface area (Å²) in [5, 5.41) is 12.3. The van der Waals surface area contributed by atoms with Crippen LogP contribution in [-0.4, -0.2) is 72.7 Å². The summed E-state index contributed by atoms with van der Waals surface area (Å²) in [6.45, 7) is 6.96. The van der Waals surface area contributed by atoms with Crippen LogP contribution in [0.2, 0.25) is 0 Å². The number of aliphatic hydroxyl groups is 1. The molecule has 1 rings (SSSR count). The Morgan fingerprint density at radius 2 is 2.06 bits per heavy atom. The van der Waals surface area contributed by atoms with E-state index in [1.807, 2.05) is 18.7 Å². The van der Waals surface area contributed by atoms with Crippen molar-refractivity contribution in [3.8, 4) is 0 Å². The van der Waals surface area contributed by atoms with Gasteiger partial charge in [0.15, 0.2) is 0 Å². The van der Waals surface area contributed by atoms with Gasteiger partial charge in [-0.25, -0.2) is 0 Å².